The van der Waals surface area contributed by atoms with Crippen molar-refractivity contribution in [2.75, 3.05) is 7.05 Å². The molecule has 1 N–H and O–H groups in total. The van der Waals surface area contributed by atoms with Gasteiger partial charge in [-0.05, 0) is 19.4 Å². The molecule has 0 aliphatic heterocycles. The zero-order chi connectivity index (χ0) is 10.5. The van der Waals surface area contributed by atoms with E-state index in [1.807, 2.05) is 6.20 Å². The van der Waals surface area contributed by atoms with Crippen LogP contribution >= 0.6 is 11.3 Å². The molecule has 1 unspecified atom stereocenters. The van der Waals surface area contributed by atoms with E-state index >= 15 is 0 Å². The van der Waals surface area contributed by atoms with Gasteiger partial charge in [-0.25, -0.2) is 4.98 Å². The van der Waals surface area contributed by atoms with Crippen molar-refractivity contribution in [1.29, 1.82) is 0 Å². The van der Waals surface area contributed by atoms with Crippen molar-refractivity contribution in [3.05, 3.63) is 16.6 Å². The molecule has 1 saturated carbocycles. The Bertz CT molecular complexity index is 265. The van der Waals surface area contributed by atoms with E-state index in [0.29, 0.717) is 6.04 Å². The van der Waals surface area contributed by atoms with Gasteiger partial charge < -0.3 is 5.32 Å². The van der Waals surface area contributed by atoms with E-state index in [1.165, 1.54) is 43.5 Å². The first-order valence-corrected chi connectivity index (χ1v) is 6.84. The Morgan fingerprint density at radius 1 is 1.47 bits per heavy atom. The maximum Gasteiger partial charge on any atom is 0.109 e. The monoisotopic (exact) mass is 224 g/mol. The highest BCUT2D eigenvalue weighted by molar-refractivity contribution is 7.09. The van der Waals surface area contributed by atoms with Crippen molar-refractivity contribution in [3.63, 3.8) is 0 Å². The second kappa shape index (κ2) is 5.61. The zero-order valence-electron chi connectivity index (χ0n) is 9.41. The minimum atomic E-state index is 0.480. The molecule has 0 spiro atoms. The smallest absolute Gasteiger partial charge is 0.109 e. The van der Waals surface area contributed by atoms with Crippen LogP contribution in [0, 0.1) is 5.92 Å². The van der Waals surface area contributed by atoms with Crippen LogP contribution in [0.5, 0.6) is 0 Å². The number of rotatable bonds is 4. The van der Waals surface area contributed by atoms with Crippen molar-refractivity contribution in [1.82, 2.24) is 10.3 Å². The van der Waals surface area contributed by atoms with Crippen LogP contribution in [0.4, 0.5) is 0 Å². The number of aromatic nitrogens is 1. The van der Waals surface area contributed by atoms with Gasteiger partial charge in [0.1, 0.15) is 5.01 Å². The van der Waals surface area contributed by atoms with Gasteiger partial charge in [0.15, 0.2) is 0 Å². The molecule has 1 fully saturated rings. The number of nitrogens with one attached hydrogen (secondary N) is 1. The highest BCUT2D eigenvalue weighted by atomic mass is 32.1. The molecule has 0 aromatic carbocycles. The second-order valence-electron chi connectivity index (χ2n) is 4.45. The summed E-state index contributed by atoms with van der Waals surface area (Å²) in [6.07, 6.45) is 10.3. The first-order chi connectivity index (χ1) is 7.40. The average Bonchev–Trinajstić information content (AvgIpc) is 2.81. The molecule has 1 aromatic heterocycles. The lowest BCUT2D eigenvalue weighted by Crippen LogP contribution is -2.21. The molecule has 3 heteroatoms. The third-order valence-electron chi connectivity index (χ3n) is 3.39. The maximum absolute atomic E-state index is 4.41. The molecular weight excluding hydrogens is 204 g/mol. The Morgan fingerprint density at radius 2 is 2.27 bits per heavy atom. The van der Waals surface area contributed by atoms with Crippen molar-refractivity contribution >= 4 is 11.3 Å². The Morgan fingerprint density at radius 3 is 2.87 bits per heavy atom. The van der Waals surface area contributed by atoms with Crippen LogP contribution in [0.2, 0.25) is 0 Å². The lowest BCUT2D eigenvalue weighted by molar-refractivity contribution is 0.305. The first-order valence-electron chi connectivity index (χ1n) is 5.97. The average molecular weight is 224 g/mol. The number of hydrogen-bond donors (Lipinski definition) is 1. The Kier molecular flexibility index (Phi) is 4.15. The molecule has 0 amide bonds. The fourth-order valence-corrected chi connectivity index (χ4v) is 3.27. The topological polar surface area (TPSA) is 24.9 Å². The first kappa shape index (κ1) is 11.1. The number of nitrogens with zero attached hydrogens (tertiary/aromatic N) is 1. The number of thiazole rings is 1. The Hall–Kier alpha value is -0.410. The molecule has 2 nitrogen and oxygen atoms in total. The van der Waals surface area contributed by atoms with E-state index in [2.05, 4.69) is 22.7 Å². The maximum atomic E-state index is 4.41. The minimum absolute atomic E-state index is 0.480. The summed E-state index contributed by atoms with van der Waals surface area (Å²) >= 11 is 1.77. The molecule has 0 saturated heterocycles. The summed E-state index contributed by atoms with van der Waals surface area (Å²) < 4.78 is 0. The van der Waals surface area contributed by atoms with E-state index in [9.17, 15) is 0 Å². The second-order valence-corrected chi connectivity index (χ2v) is 5.38. The molecule has 84 valence electrons. The van der Waals surface area contributed by atoms with Crippen LogP contribution in [0.25, 0.3) is 0 Å². The van der Waals surface area contributed by atoms with Gasteiger partial charge in [0, 0.05) is 11.6 Å². The molecule has 2 rings (SSSR count). The van der Waals surface area contributed by atoms with Crippen molar-refractivity contribution in [2.24, 2.45) is 5.92 Å². The quantitative estimate of drug-likeness (QED) is 0.848. The van der Waals surface area contributed by atoms with Gasteiger partial charge in [-0.15, -0.1) is 11.3 Å². The summed E-state index contributed by atoms with van der Waals surface area (Å²) in [4.78, 5) is 4.41. The predicted octanol–water partition coefficient (Wildman–Crippen LogP) is 3.37. The standard InChI is InChI=1S/C12H20N2S/c1-13-11(12-14-7-8-15-12)9-10-5-3-2-4-6-10/h7-8,10-11,13H,2-6,9H2,1H3. The van der Waals surface area contributed by atoms with E-state index < -0.39 is 0 Å². The molecule has 0 radical (unpaired) electrons. The van der Waals surface area contributed by atoms with Gasteiger partial charge in [-0.3, -0.25) is 0 Å². The van der Waals surface area contributed by atoms with Crippen LogP contribution in [0.15, 0.2) is 11.6 Å². The van der Waals surface area contributed by atoms with Gasteiger partial charge in [0.05, 0.1) is 6.04 Å². The SMILES string of the molecule is CNC(CC1CCCCC1)c1nccs1. The summed E-state index contributed by atoms with van der Waals surface area (Å²) in [5, 5.41) is 6.72. The van der Waals surface area contributed by atoms with Crippen molar-refractivity contribution < 1.29 is 0 Å². The molecule has 1 aromatic rings. The highest BCUT2D eigenvalue weighted by Gasteiger charge is 2.20. The van der Waals surface area contributed by atoms with E-state index in [0.717, 1.165) is 5.92 Å². The molecule has 1 atom stereocenters. The van der Waals surface area contributed by atoms with E-state index in [-0.39, 0.29) is 0 Å². The lowest BCUT2D eigenvalue weighted by Gasteiger charge is -2.25. The number of hydrogen-bond acceptors (Lipinski definition) is 3. The molecule has 1 aliphatic carbocycles. The fourth-order valence-electron chi connectivity index (χ4n) is 2.50. The largest absolute Gasteiger partial charge is 0.311 e. The van der Waals surface area contributed by atoms with Crippen LogP contribution in [-0.4, -0.2) is 12.0 Å². The minimum Gasteiger partial charge on any atom is -0.311 e. The van der Waals surface area contributed by atoms with E-state index in [4.69, 9.17) is 0 Å². The summed E-state index contributed by atoms with van der Waals surface area (Å²) in [6.45, 7) is 0. The highest BCUT2D eigenvalue weighted by Crippen LogP contribution is 2.32. The molecule has 15 heavy (non-hydrogen) atoms. The van der Waals surface area contributed by atoms with Crippen LogP contribution < -0.4 is 5.32 Å². The Labute approximate surface area is 96.1 Å². The Balaban J connectivity index is 1.90. The van der Waals surface area contributed by atoms with Crippen molar-refractivity contribution in [2.45, 2.75) is 44.6 Å². The normalized spacial score (nSPS) is 20.3. The van der Waals surface area contributed by atoms with Crippen molar-refractivity contribution in [3.8, 4) is 0 Å². The van der Waals surface area contributed by atoms with Crippen LogP contribution in [0.3, 0.4) is 0 Å². The summed E-state index contributed by atoms with van der Waals surface area (Å²) in [5.41, 5.74) is 0. The molecule has 1 aliphatic rings. The lowest BCUT2D eigenvalue weighted by atomic mass is 9.85. The predicted molar refractivity (Wildman–Crippen MR) is 65.1 cm³/mol. The van der Waals surface area contributed by atoms with Gasteiger partial charge >= 0.3 is 0 Å². The zero-order valence-corrected chi connectivity index (χ0v) is 10.2. The summed E-state index contributed by atoms with van der Waals surface area (Å²) in [6, 6.07) is 0.480. The van der Waals surface area contributed by atoms with Gasteiger partial charge in [0.25, 0.3) is 0 Å². The molecular formula is C12H20N2S. The van der Waals surface area contributed by atoms with Gasteiger partial charge in [0.2, 0.25) is 0 Å². The third kappa shape index (κ3) is 3.02. The molecule has 0 bridgehead atoms. The summed E-state index contributed by atoms with van der Waals surface area (Å²) in [7, 11) is 2.05. The third-order valence-corrected chi connectivity index (χ3v) is 4.28. The van der Waals surface area contributed by atoms with Crippen LogP contribution in [0.1, 0.15) is 49.6 Å². The van der Waals surface area contributed by atoms with Crippen LogP contribution in [-0.2, 0) is 0 Å². The summed E-state index contributed by atoms with van der Waals surface area (Å²) in [5.74, 6) is 0.917. The van der Waals surface area contributed by atoms with Gasteiger partial charge in [-0.2, -0.15) is 0 Å². The fraction of sp³-hybridized carbons (Fsp3) is 0.750. The van der Waals surface area contributed by atoms with Gasteiger partial charge in [-0.1, -0.05) is 32.1 Å². The van der Waals surface area contributed by atoms with E-state index in [1.54, 1.807) is 11.3 Å². The molecule has 1 heterocycles.